The van der Waals surface area contributed by atoms with Crippen LogP contribution in [0, 0.1) is 6.92 Å². The third-order valence-electron chi connectivity index (χ3n) is 2.94. The largest absolute Gasteiger partial charge is 0.457 e. The Hall–Kier alpha value is -1.69. The van der Waals surface area contributed by atoms with E-state index >= 15 is 0 Å². The molecule has 1 aromatic rings. The molecule has 1 aliphatic rings. The molecular formula is C12H17N3O3. The number of hydrogen-bond acceptors (Lipinski definition) is 5. The summed E-state index contributed by atoms with van der Waals surface area (Å²) in [6.07, 6.45) is 3.51. The quantitative estimate of drug-likeness (QED) is 0.595. The van der Waals surface area contributed by atoms with Crippen molar-refractivity contribution in [1.82, 2.24) is 15.0 Å². The van der Waals surface area contributed by atoms with Gasteiger partial charge in [0.1, 0.15) is 6.61 Å². The summed E-state index contributed by atoms with van der Waals surface area (Å²) in [4.78, 5) is 11.7. The first-order valence-corrected chi connectivity index (χ1v) is 6.01. The van der Waals surface area contributed by atoms with Crippen molar-refractivity contribution in [2.45, 2.75) is 25.8 Å². The number of aromatic nitrogens is 3. The van der Waals surface area contributed by atoms with Gasteiger partial charge in [0.2, 0.25) is 0 Å². The van der Waals surface area contributed by atoms with Crippen molar-refractivity contribution in [3.05, 3.63) is 24.0 Å². The maximum atomic E-state index is 11.7. The number of hydrogen-bond donors (Lipinski definition) is 0. The molecule has 0 aromatic carbocycles. The molecule has 1 saturated heterocycles. The molecule has 2 heterocycles. The molecular weight excluding hydrogens is 234 g/mol. The van der Waals surface area contributed by atoms with E-state index in [0.717, 1.165) is 25.1 Å². The Labute approximate surface area is 106 Å². The number of rotatable bonds is 4. The molecule has 98 valence electrons. The zero-order chi connectivity index (χ0) is 13.0. The summed E-state index contributed by atoms with van der Waals surface area (Å²) in [5, 5.41) is 7.92. The van der Waals surface area contributed by atoms with E-state index in [9.17, 15) is 4.79 Å². The minimum absolute atomic E-state index is 0.159. The average Bonchev–Trinajstić information content (AvgIpc) is 2.79. The van der Waals surface area contributed by atoms with Crippen LogP contribution in [0.5, 0.6) is 0 Å². The van der Waals surface area contributed by atoms with Crippen molar-refractivity contribution < 1.29 is 14.3 Å². The van der Waals surface area contributed by atoms with Gasteiger partial charge in [-0.1, -0.05) is 17.9 Å². The number of esters is 1. The van der Waals surface area contributed by atoms with Crippen molar-refractivity contribution in [2.24, 2.45) is 0 Å². The number of carbonyl (C=O) groups is 1. The van der Waals surface area contributed by atoms with Crippen LogP contribution in [0.25, 0.3) is 0 Å². The topological polar surface area (TPSA) is 66.2 Å². The monoisotopic (exact) mass is 251 g/mol. The van der Waals surface area contributed by atoms with Crippen molar-refractivity contribution in [2.75, 3.05) is 19.8 Å². The predicted octanol–water partition coefficient (Wildman–Crippen LogP) is 1.28. The van der Waals surface area contributed by atoms with Crippen molar-refractivity contribution in [1.29, 1.82) is 0 Å². The molecule has 0 saturated carbocycles. The maximum Gasteiger partial charge on any atom is 0.361 e. The van der Waals surface area contributed by atoms with Gasteiger partial charge in [0, 0.05) is 6.61 Å². The summed E-state index contributed by atoms with van der Waals surface area (Å²) in [6, 6.07) is 0.159. The van der Waals surface area contributed by atoms with Gasteiger partial charge in [0.15, 0.2) is 5.69 Å². The van der Waals surface area contributed by atoms with Crippen LogP contribution in [-0.4, -0.2) is 40.8 Å². The molecule has 0 amide bonds. The van der Waals surface area contributed by atoms with E-state index in [4.69, 9.17) is 9.47 Å². The van der Waals surface area contributed by atoms with Crippen LogP contribution in [0.3, 0.4) is 0 Å². The third-order valence-corrected chi connectivity index (χ3v) is 2.94. The summed E-state index contributed by atoms with van der Waals surface area (Å²) < 4.78 is 12.1. The molecule has 6 nitrogen and oxygen atoms in total. The molecule has 1 atom stereocenters. The summed E-state index contributed by atoms with van der Waals surface area (Å²) in [6.45, 7) is 6.90. The van der Waals surface area contributed by atoms with Gasteiger partial charge in [0.05, 0.1) is 18.3 Å². The molecule has 6 heteroatoms. The highest BCUT2D eigenvalue weighted by molar-refractivity contribution is 5.88. The molecule has 1 unspecified atom stereocenters. The first-order valence-electron chi connectivity index (χ1n) is 6.01. The first kappa shape index (κ1) is 12.8. The van der Waals surface area contributed by atoms with E-state index in [1.54, 1.807) is 4.68 Å². The SMILES string of the molecule is C=CCOC(=O)c1nnn(C2CCCOC2)c1C. The minimum atomic E-state index is -0.463. The van der Waals surface area contributed by atoms with Crippen LogP contribution >= 0.6 is 0 Å². The standard InChI is InChI=1S/C12H17N3O3/c1-3-6-18-12(16)11-9(2)15(14-13-11)10-5-4-7-17-8-10/h3,10H,1,4-8H2,2H3. The molecule has 1 aromatic heterocycles. The van der Waals surface area contributed by atoms with E-state index in [0.29, 0.717) is 6.61 Å². The molecule has 0 aliphatic carbocycles. The van der Waals surface area contributed by atoms with Gasteiger partial charge in [0.25, 0.3) is 0 Å². The van der Waals surface area contributed by atoms with Gasteiger partial charge in [-0.3, -0.25) is 0 Å². The molecule has 0 radical (unpaired) electrons. The maximum absolute atomic E-state index is 11.7. The van der Waals surface area contributed by atoms with Gasteiger partial charge in [-0.25, -0.2) is 9.48 Å². The summed E-state index contributed by atoms with van der Waals surface area (Å²) >= 11 is 0. The zero-order valence-electron chi connectivity index (χ0n) is 10.5. The van der Waals surface area contributed by atoms with E-state index in [2.05, 4.69) is 16.9 Å². The minimum Gasteiger partial charge on any atom is -0.457 e. The Morgan fingerprint density at radius 3 is 3.22 bits per heavy atom. The normalized spacial score (nSPS) is 19.5. The van der Waals surface area contributed by atoms with Crippen LogP contribution in [0.15, 0.2) is 12.7 Å². The van der Waals surface area contributed by atoms with Gasteiger partial charge in [-0.2, -0.15) is 0 Å². The summed E-state index contributed by atoms with van der Waals surface area (Å²) in [5.74, 6) is -0.463. The molecule has 1 fully saturated rings. The Balaban J connectivity index is 2.12. The molecule has 0 spiro atoms. The fourth-order valence-electron chi connectivity index (χ4n) is 2.00. The van der Waals surface area contributed by atoms with Crippen molar-refractivity contribution >= 4 is 5.97 Å². The van der Waals surface area contributed by atoms with Crippen molar-refractivity contribution in [3.63, 3.8) is 0 Å². The smallest absolute Gasteiger partial charge is 0.361 e. The lowest BCUT2D eigenvalue weighted by Crippen LogP contribution is -2.23. The van der Waals surface area contributed by atoms with Gasteiger partial charge in [-0.05, 0) is 19.8 Å². The van der Waals surface area contributed by atoms with Crippen molar-refractivity contribution in [3.8, 4) is 0 Å². The number of nitrogens with zero attached hydrogens (tertiary/aromatic N) is 3. The van der Waals surface area contributed by atoms with Gasteiger partial charge < -0.3 is 9.47 Å². The number of carbonyl (C=O) groups excluding carboxylic acids is 1. The lowest BCUT2D eigenvalue weighted by atomic mass is 10.1. The summed E-state index contributed by atoms with van der Waals surface area (Å²) in [7, 11) is 0. The third kappa shape index (κ3) is 2.59. The van der Waals surface area contributed by atoms with Crippen LogP contribution in [0.2, 0.25) is 0 Å². The van der Waals surface area contributed by atoms with E-state index in [1.807, 2.05) is 6.92 Å². The van der Waals surface area contributed by atoms with Crippen LogP contribution in [-0.2, 0) is 9.47 Å². The molecule has 18 heavy (non-hydrogen) atoms. The lowest BCUT2D eigenvalue weighted by molar-refractivity contribution is 0.0524. The highest BCUT2D eigenvalue weighted by atomic mass is 16.5. The average molecular weight is 251 g/mol. The zero-order valence-corrected chi connectivity index (χ0v) is 10.5. The molecule has 2 rings (SSSR count). The predicted molar refractivity (Wildman–Crippen MR) is 64.3 cm³/mol. The fourth-order valence-corrected chi connectivity index (χ4v) is 2.00. The second-order valence-corrected chi connectivity index (χ2v) is 4.23. The Morgan fingerprint density at radius 1 is 1.72 bits per heavy atom. The van der Waals surface area contributed by atoms with Crippen LogP contribution in [0.4, 0.5) is 0 Å². The second kappa shape index (κ2) is 5.77. The first-order chi connectivity index (χ1) is 8.74. The Bertz CT molecular complexity index is 436. The van der Waals surface area contributed by atoms with E-state index < -0.39 is 5.97 Å². The fraction of sp³-hybridized carbons (Fsp3) is 0.583. The highest BCUT2D eigenvalue weighted by Gasteiger charge is 2.23. The van der Waals surface area contributed by atoms with Gasteiger partial charge in [-0.15, -0.1) is 5.10 Å². The molecule has 0 bridgehead atoms. The van der Waals surface area contributed by atoms with Crippen LogP contribution < -0.4 is 0 Å². The highest BCUT2D eigenvalue weighted by Crippen LogP contribution is 2.21. The Morgan fingerprint density at radius 2 is 2.56 bits per heavy atom. The number of ether oxygens (including phenoxy) is 2. The molecule has 0 N–H and O–H groups in total. The van der Waals surface area contributed by atoms with Crippen LogP contribution in [0.1, 0.15) is 35.1 Å². The molecule has 1 aliphatic heterocycles. The Kier molecular flexibility index (Phi) is 4.09. The summed E-state index contributed by atoms with van der Waals surface area (Å²) in [5.41, 5.74) is 0.988. The second-order valence-electron chi connectivity index (χ2n) is 4.23. The van der Waals surface area contributed by atoms with E-state index in [-0.39, 0.29) is 18.3 Å². The van der Waals surface area contributed by atoms with E-state index in [1.165, 1.54) is 6.08 Å². The van der Waals surface area contributed by atoms with Gasteiger partial charge >= 0.3 is 5.97 Å². The lowest BCUT2D eigenvalue weighted by Gasteiger charge is -2.22.